The maximum atomic E-state index is 15.8. The Hall–Kier alpha value is -5.89. The van der Waals surface area contributed by atoms with Crippen molar-refractivity contribution in [1.82, 2.24) is 9.47 Å². The molecule has 3 aromatic rings. The molecule has 20 heteroatoms. The molecule has 17 nitrogen and oxygen atoms in total. The maximum Gasteiger partial charge on any atom is 0.343 e. The number of ether oxygens (including phenoxy) is 2. The monoisotopic (exact) mass is 1020 g/mol. The number of halogens is 3. The van der Waals surface area contributed by atoms with Crippen molar-refractivity contribution in [2.24, 2.45) is 28.7 Å². The van der Waals surface area contributed by atoms with Gasteiger partial charge in [-0.05, 0) is 82.3 Å². The molecule has 5 aliphatic carbocycles. The number of esters is 2. The SMILES string of the molecule is CN(C)c1ccc(OC(=O)CCCCCCCCCOC(=O)c2cn(C3C[C@@H]3F)c3c(Cl)c(N4C[C@@H](N)C5(CC5)C4)c(F)cc3c2=O)c2c1C[C@@H]1C[C@@H]3[C@@H](N(C)C)C(O)=C(C(N)=O)C(=O)[C@]3(O)C(O)=C1C2=O. The van der Waals surface area contributed by atoms with E-state index in [-0.39, 0.29) is 87.8 Å². The van der Waals surface area contributed by atoms with Crippen molar-refractivity contribution >= 4 is 63.3 Å². The summed E-state index contributed by atoms with van der Waals surface area (Å²) in [6, 6.07) is 2.39. The van der Waals surface area contributed by atoms with E-state index in [1.807, 2.05) is 0 Å². The molecule has 1 unspecified atom stereocenters. The van der Waals surface area contributed by atoms with Crippen LogP contribution in [-0.4, -0.2) is 126 Å². The highest BCUT2D eigenvalue weighted by molar-refractivity contribution is 6.38. The number of alkyl halides is 1. The number of likely N-dealkylation sites (N-methyl/N-ethyl adjacent to an activating group) is 1. The molecule has 3 fully saturated rings. The summed E-state index contributed by atoms with van der Waals surface area (Å²) in [5.41, 5.74) is 8.35. The second kappa shape index (κ2) is 19.2. The van der Waals surface area contributed by atoms with Crippen LogP contribution in [0.3, 0.4) is 0 Å². The van der Waals surface area contributed by atoms with Crippen LogP contribution in [0.15, 0.2) is 51.9 Å². The van der Waals surface area contributed by atoms with Crippen LogP contribution in [0.4, 0.5) is 20.2 Å². The lowest BCUT2D eigenvalue weighted by molar-refractivity contribution is -0.148. The van der Waals surface area contributed by atoms with E-state index in [1.54, 1.807) is 44.1 Å². The number of pyridine rings is 1. The third kappa shape index (κ3) is 8.62. The summed E-state index contributed by atoms with van der Waals surface area (Å²) in [5, 5.41) is 34.7. The number of carbonyl (C=O) groups is 5. The fraction of sp³-hybridized carbons (Fsp3) is 0.538. The van der Waals surface area contributed by atoms with Gasteiger partial charge in [-0.1, -0.05) is 43.7 Å². The number of nitrogens with zero attached hydrogens (tertiary/aromatic N) is 4. The number of aliphatic hydroxyl groups excluding tert-OH is 2. The van der Waals surface area contributed by atoms with Crippen LogP contribution >= 0.6 is 11.6 Å². The number of unbranched alkanes of at least 4 members (excludes halogenated alkanes) is 6. The van der Waals surface area contributed by atoms with Crippen LogP contribution in [0.25, 0.3) is 10.9 Å². The van der Waals surface area contributed by atoms with Gasteiger partial charge < -0.3 is 50.6 Å². The van der Waals surface area contributed by atoms with Gasteiger partial charge in [0, 0.05) is 74.9 Å². The van der Waals surface area contributed by atoms with Crippen molar-refractivity contribution in [1.29, 1.82) is 0 Å². The molecule has 1 amide bonds. The molecule has 9 rings (SSSR count). The number of fused-ring (bicyclic) bond motifs is 4. The average Bonchev–Trinajstić information content (AvgIpc) is 4.23. The predicted octanol–water partition coefficient (Wildman–Crippen LogP) is 5.68. The summed E-state index contributed by atoms with van der Waals surface area (Å²) in [5.74, 6) is -8.98. The molecule has 0 bridgehead atoms. The van der Waals surface area contributed by atoms with E-state index in [2.05, 4.69) is 0 Å². The lowest BCUT2D eigenvalue weighted by Crippen LogP contribution is -2.63. The van der Waals surface area contributed by atoms with Gasteiger partial charge in [0.25, 0.3) is 5.91 Å². The molecule has 1 aromatic heterocycles. The number of ketones is 2. The number of aromatic nitrogens is 1. The summed E-state index contributed by atoms with van der Waals surface area (Å²) in [7, 11) is 6.72. The Morgan fingerprint density at radius 3 is 2.26 bits per heavy atom. The van der Waals surface area contributed by atoms with Gasteiger partial charge in [-0.25, -0.2) is 13.6 Å². The van der Waals surface area contributed by atoms with Crippen molar-refractivity contribution in [3.8, 4) is 5.75 Å². The average molecular weight is 1020 g/mol. The fourth-order valence-corrected chi connectivity index (χ4v) is 12.2. The van der Waals surface area contributed by atoms with E-state index < -0.39 is 93.4 Å². The highest BCUT2D eigenvalue weighted by atomic mass is 35.5. The topological polar surface area (TPSA) is 248 Å². The van der Waals surface area contributed by atoms with Crippen LogP contribution in [0, 0.1) is 23.1 Å². The number of aliphatic hydroxyl groups is 3. The van der Waals surface area contributed by atoms with E-state index in [9.17, 15) is 48.5 Å². The summed E-state index contributed by atoms with van der Waals surface area (Å²) < 4.78 is 43.1. The molecule has 7 atom stereocenters. The zero-order valence-electron chi connectivity index (χ0n) is 40.8. The number of rotatable bonds is 17. The second-order valence-corrected chi connectivity index (χ2v) is 21.4. The molecule has 2 aromatic carbocycles. The molecule has 0 radical (unpaired) electrons. The Kier molecular flexibility index (Phi) is 13.6. The molecule has 72 heavy (non-hydrogen) atoms. The second-order valence-electron chi connectivity index (χ2n) is 21.0. The Balaban J connectivity index is 0.773. The Bertz CT molecular complexity index is 2930. The first kappa shape index (κ1) is 51.0. The first-order valence-corrected chi connectivity index (χ1v) is 25.1. The summed E-state index contributed by atoms with van der Waals surface area (Å²) in [6.45, 7) is 0.956. The molecular formula is C52H61ClF2N6O11. The van der Waals surface area contributed by atoms with Crippen LogP contribution in [0.1, 0.15) is 109 Å². The van der Waals surface area contributed by atoms with Gasteiger partial charge in [0.05, 0.1) is 45.9 Å². The summed E-state index contributed by atoms with van der Waals surface area (Å²) in [4.78, 5) is 85.9. The number of anilines is 2. The molecular weight excluding hydrogens is 958 g/mol. The first-order valence-electron chi connectivity index (χ1n) is 24.7. The van der Waals surface area contributed by atoms with Gasteiger partial charge in [-0.3, -0.25) is 28.9 Å². The van der Waals surface area contributed by atoms with E-state index in [0.29, 0.717) is 50.0 Å². The molecule has 2 heterocycles. The largest absolute Gasteiger partial charge is 0.510 e. The zero-order valence-corrected chi connectivity index (χ0v) is 41.5. The van der Waals surface area contributed by atoms with Gasteiger partial charge in [-0.2, -0.15) is 0 Å². The van der Waals surface area contributed by atoms with Crippen molar-refractivity contribution in [3.05, 3.63) is 84.8 Å². The minimum atomic E-state index is -2.74. The number of Topliss-reactive ketones (excluding diaryl/α,β-unsaturated/α-hetero) is 2. The number of hydrogen-bond acceptors (Lipinski definition) is 15. The Labute approximate surface area is 419 Å². The van der Waals surface area contributed by atoms with E-state index in [1.165, 1.54) is 21.7 Å². The number of primary amides is 1. The third-order valence-electron chi connectivity index (χ3n) is 15.9. The number of hydrogen-bond donors (Lipinski definition) is 5. The molecule has 1 spiro atoms. The summed E-state index contributed by atoms with van der Waals surface area (Å²) >= 11 is 6.84. The smallest absolute Gasteiger partial charge is 0.343 e. The standard InChI is InChI=1S/C52H61ClF2N6O11/c1-58(2)32-13-14-34(38-26(32)18-25-19-29-42(59(3)4)46(65)39(49(57)68)48(67)52(29,70)47(66)37(25)45(38)64)72-36(62)12-10-8-6-5-7-9-11-17-71-50(69)28-22-61(33-21-30(33)54)41-27(44(28)63)20-31(55)43(40(41)53)60-23-35(56)51(24-60)15-16-51/h13-14,20,22,25,29-30,33,35,42,65-66,70H,5-12,15-19,21,23-24,56H2,1-4H3,(H2,57,68)/t25-,29-,30+,33?,35-,42-,52-/m1/s1. The van der Waals surface area contributed by atoms with Crippen LogP contribution in [0.2, 0.25) is 5.02 Å². The van der Waals surface area contributed by atoms with Gasteiger partial charge >= 0.3 is 11.9 Å². The number of carbonyl (C=O) groups excluding carboxylic acids is 5. The van der Waals surface area contributed by atoms with Gasteiger partial charge in [0.15, 0.2) is 11.4 Å². The normalized spacial score (nSPS) is 26.0. The van der Waals surface area contributed by atoms with Crippen molar-refractivity contribution in [3.63, 3.8) is 0 Å². The fourth-order valence-electron chi connectivity index (χ4n) is 11.8. The zero-order chi connectivity index (χ0) is 51.9. The van der Waals surface area contributed by atoms with Crippen molar-refractivity contribution in [2.75, 3.05) is 57.7 Å². The lowest BCUT2D eigenvalue weighted by atomic mass is 9.58. The predicted molar refractivity (Wildman–Crippen MR) is 263 cm³/mol. The minimum absolute atomic E-state index is 0.00702. The van der Waals surface area contributed by atoms with Crippen LogP contribution in [-0.2, 0) is 25.5 Å². The van der Waals surface area contributed by atoms with Crippen LogP contribution < -0.4 is 31.4 Å². The molecule has 1 aliphatic heterocycles. The van der Waals surface area contributed by atoms with E-state index in [4.69, 9.17) is 32.5 Å². The van der Waals surface area contributed by atoms with Crippen molar-refractivity contribution in [2.45, 2.75) is 113 Å². The van der Waals surface area contributed by atoms with Crippen molar-refractivity contribution < 1.29 is 57.5 Å². The number of allylic oxidation sites excluding steroid dienone is 1. The first-order chi connectivity index (χ1) is 34.1. The molecule has 1 saturated heterocycles. The molecule has 386 valence electrons. The third-order valence-corrected chi connectivity index (χ3v) is 16.2. The van der Waals surface area contributed by atoms with Gasteiger partial charge in [0.2, 0.25) is 11.2 Å². The highest BCUT2D eigenvalue weighted by Crippen LogP contribution is 2.55. The Morgan fingerprint density at radius 1 is 0.986 bits per heavy atom. The quantitative estimate of drug-likeness (QED) is 0.0472. The highest BCUT2D eigenvalue weighted by Gasteiger charge is 2.63. The lowest BCUT2D eigenvalue weighted by Gasteiger charge is -2.50. The Morgan fingerprint density at radius 2 is 1.65 bits per heavy atom. The number of nitrogens with two attached hydrogens (primary N) is 2. The van der Waals surface area contributed by atoms with E-state index >= 15 is 4.39 Å². The summed E-state index contributed by atoms with van der Waals surface area (Å²) in [6.07, 6.45) is 7.07. The minimum Gasteiger partial charge on any atom is -0.510 e. The van der Waals surface area contributed by atoms with Crippen LogP contribution in [0.5, 0.6) is 5.75 Å². The maximum absolute atomic E-state index is 15.8. The van der Waals surface area contributed by atoms with Gasteiger partial charge in [-0.15, -0.1) is 0 Å². The molecule has 2 saturated carbocycles. The van der Waals surface area contributed by atoms with E-state index in [0.717, 1.165) is 38.2 Å². The number of benzene rings is 2. The number of amides is 1. The molecule has 7 N–H and O–H groups in total. The molecule has 6 aliphatic rings. The van der Waals surface area contributed by atoms with Gasteiger partial charge in [0.1, 0.15) is 40.4 Å².